The smallest absolute Gasteiger partial charge is 0.306 e. The zero-order chi connectivity index (χ0) is 10.5. The summed E-state index contributed by atoms with van der Waals surface area (Å²) in [6.07, 6.45) is -3.51. The van der Waals surface area contributed by atoms with E-state index in [1.807, 2.05) is 6.92 Å². The number of hydrogen-bond acceptors (Lipinski definition) is 1. The standard InChI is InChI=1S/C9H16F3N/c1-4-5-13-8(6-7(2)3)9(10,11)12/h8,13H,2,4-6H2,1,3H3. The van der Waals surface area contributed by atoms with E-state index >= 15 is 0 Å². The maximum Gasteiger partial charge on any atom is 0.404 e. The van der Waals surface area contributed by atoms with Crippen molar-refractivity contribution in [2.45, 2.75) is 38.9 Å². The fraction of sp³-hybridized carbons (Fsp3) is 0.778. The Labute approximate surface area is 77.0 Å². The minimum Gasteiger partial charge on any atom is -0.306 e. The summed E-state index contributed by atoms with van der Waals surface area (Å²) in [6, 6.07) is -1.44. The van der Waals surface area contributed by atoms with E-state index in [1.165, 1.54) is 0 Å². The van der Waals surface area contributed by atoms with Crippen molar-refractivity contribution >= 4 is 0 Å². The molecule has 0 amide bonds. The SMILES string of the molecule is C=C(C)CC(NCCC)C(F)(F)F. The van der Waals surface area contributed by atoms with Gasteiger partial charge in [0, 0.05) is 0 Å². The fourth-order valence-electron chi connectivity index (χ4n) is 0.971. The number of halogens is 3. The van der Waals surface area contributed by atoms with Gasteiger partial charge in [0.25, 0.3) is 0 Å². The molecule has 78 valence electrons. The van der Waals surface area contributed by atoms with E-state index in [0.717, 1.165) is 0 Å². The van der Waals surface area contributed by atoms with Crippen LogP contribution in [-0.4, -0.2) is 18.8 Å². The first kappa shape index (κ1) is 12.5. The van der Waals surface area contributed by atoms with Crippen LogP contribution in [0.2, 0.25) is 0 Å². The van der Waals surface area contributed by atoms with Gasteiger partial charge in [0.1, 0.15) is 6.04 Å². The average Bonchev–Trinajstić information content (AvgIpc) is 1.95. The zero-order valence-electron chi connectivity index (χ0n) is 8.04. The molecule has 0 aliphatic carbocycles. The Kier molecular flexibility index (Phi) is 5.06. The molecular weight excluding hydrogens is 179 g/mol. The summed E-state index contributed by atoms with van der Waals surface area (Å²) in [5.74, 6) is 0. The minimum absolute atomic E-state index is 0.0382. The maximum atomic E-state index is 12.3. The van der Waals surface area contributed by atoms with Crippen LogP contribution in [-0.2, 0) is 0 Å². The minimum atomic E-state index is -4.17. The molecule has 1 nitrogen and oxygen atoms in total. The molecule has 0 radical (unpaired) electrons. The van der Waals surface area contributed by atoms with E-state index < -0.39 is 12.2 Å². The molecule has 1 atom stereocenters. The van der Waals surface area contributed by atoms with Gasteiger partial charge in [-0.15, -0.1) is 6.58 Å². The van der Waals surface area contributed by atoms with Crippen LogP contribution in [0.25, 0.3) is 0 Å². The van der Waals surface area contributed by atoms with Gasteiger partial charge < -0.3 is 5.32 Å². The lowest BCUT2D eigenvalue weighted by atomic mass is 10.1. The molecule has 0 aromatic heterocycles. The van der Waals surface area contributed by atoms with Crippen molar-refractivity contribution in [1.82, 2.24) is 5.32 Å². The molecule has 0 heterocycles. The molecule has 0 saturated carbocycles. The lowest BCUT2D eigenvalue weighted by Gasteiger charge is -2.21. The quantitative estimate of drug-likeness (QED) is 0.665. The lowest BCUT2D eigenvalue weighted by molar-refractivity contribution is -0.155. The van der Waals surface area contributed by atoms with E-state index in [-0.39, 0.29) is 6.42 Å². The summed E-state index contributed by atoms with van der Waals surface area (Å²) >= 11 is 0. The lowest BCUT2D eigenvalue weighted by Crippen LogP contribution is -2.42. The molecule has 4 heteroatoms. The van der Waals surface area contributed by atoms with Crippen LogP contribution in [0, 0.1) is 0 Å². The van der Waals surface area contributed by atoms with Crippen molar-refractivity contribution in [3.8, 4) is 0 Å². The second-order valence-corrected chi connectivity index (χ2v) is 3.21. The van der Waals surface area contributed by atoms with E-state index in [4.69, 9.17) is 0 Å². The third-order valence-corrected chi connectivity index (χ3v) is 1.59. The van der Waals surface area contributed by atoms with Gasteiger partial charge in [-0.3, -0.25) is 0 Å². The normalized spacial score (nSPS) is 14.2. The van der Waals surface area contributed by atoms with Gasteiger partial charge in [-0.05, 0) is 26.3 Å². The zero-order valence-corrected chi connectivity index (χ0v) is 8.04. The van der Waals surface area contributed by atoms with Crippen LogP contribution in [0.5, 0.6) is 0 Å². The molecule has 1 unspecified atom stereocenters. The van der Waals surface area contributed by atoms with Crippen LogP contribution in [0.3, 0.4) is 0 Å². The molecule has 0 bridgehead atoms. The van der Waals surface area contributed by atoms with Gasteiger partial charge in [0.2, 0.25) is 0 Å². The highest BCUT2D eigenvalue weighted by Crippen LogP contribution is 2.24. The molecule has 0 aromatic carbocycles. The highest BCUT2D eigenvalue weighted by atomic mass is 19.4. The van der Waals surface area contributed by atoms with Crippen LogP contribution in [0.1, 0.15) is 26.7 Å². The van der Waals surface area contributed by atoms with Crippen molar-refractivity contribution in [1.29, 1.82) is 0 Å². The predicted octanol–water partition coefficient (Wildman–Crippen LogP) is 2.88. The van der Waals surface area contributed by atoms with Crippen LogP contribution in [0.15, 0.2) is 12.2 Å². The van der Waals surface area contributed by atoms with Crippen molar-refractivity contribution < 1.29 is 13.2 Å². The van der Waals surface area contributed by atoms with E-state index in [1.54, 1.807) is 6.92 Å². The van der Waals surface area contributed by atoms with Crippen molar-refractivity contribution in [2.24, 2.45) is 0 Å². The first-order valence-electron chi connectivity index (χ1n) is 4.32. The van der Waals surface area contributed by atoms with E-state index in [9.17, 15) is 13.2 Å². The third-order valence-electron chi connectivity index (χ3n) is 1.59. The number of hydrogen-bond donors (Lipinski definition) is 1. The van der Waals surface area contributed by atoms with Gasteiger partial charge in [-0.1, -0.05) is 12.5 Å². The molecular formula is C9H16F3N. The Morgan fingerprint density at radius 2 is 2.00 bits per heavy atom. The third kappa shape index (κ3) is 5.69. The van der Waals surface area contributed by atoms with Crippen molar-refractivity contribution in [3.63, 3.8) is 0 Å². The Morgan fingerprint density at radius 1 is 1.46 bits per heavy atom. The Balaban J connectivity index is 4.11. The first-order chi connectivity index (χ1) is 5.88. The Hall–Kier alpha value is -0.510. The van der Waals surface area contributed by atoms with Crippen molar-refractivity contribution in [3.05, 3.63) is 12.2 Å². The Morgan fingerprint density at radius 3 is 2.31 bits per heavy atom. The average molecular weight is 195 g/mol. The summed E-state index contributed by atoms with van der Waals surface area (Å²) < 4.78 is 36.9. The first-order valence-corrected chi connectivity index (χ1v) is 4.32. The van der Waals surface area contributed by atoms with Gasteiger partial charge in [-0.25, -0.2) is 0 Å². The second-order valence-electron chi connectivity index (χ2n) is 3.21. The van der Waals surface area contributed by atoms with Gasteiger partial charge in [-0.2, -0.15) is 13.2 Å². The second kappa shape index (κ2) is 5.27. The molecule has 0 aliphatic rings. The summed E-state index contributed by atoms with van der Waals surface area (Å²) in [5, 5.41) is 2.45. The molecule has 13 heavy (non-hydrogen) atoms. The van der Waals surface area contributed by atoms with Crippen LogP contribution >= 0.6 is 0 Å². The van der Waals surface area contributed by atoms with Crippen LogP contribution in [0.4, 0.5) is 13.2 Å². The maximum absolute atomic E-state index is 12.3. The highest BCUT2D eigenvalue weighted by Gasteiger charge is 2.38. The van der Waals surface area contributed by atoms with E-state index in [0.29, 0.717) is 18.5 Å². The molecule has 0 fully saturated rings. The largest absolute Gasteiger partial charge is 0.404 e. The molecule has 0 saturated heterocycles. The predicted molar refractivity (Wildman–Crippen MR) is 47.6 cm³/mol. The summed E-state index contributed by atoms with van der Waals surface area (Å²) in [5.41, 5.74) is 0.547. The summed E-state index contributed by atoms with van der Waals surface area (Å²) in [7, 11) is 0. The monoisotopic (exact) mass is 195 g/mol. The van der Waals surface area contributed by atoms with Gasteiger partial charge in [0.15, 0.2) is 0 Å². The van der Waals surface area contributed by atoms with Gasteiger partial charge in [0.05, 0.1) is 0 Å². The van der Waals surface area contributed by atoms with Crippen LogP contribution < -0.4 is 5.32 Å². The molecule has 0 rings (SSSR count). The van der Waals surface area contributed by atoms with Crippen molar-refractivity contribution in [2.75, 3.05) is 6.54 Å². The number of rotatable bonds is 5. The van der Waals surface area contributed by atoms with Gasteiger partial charge >= 0.3 is 6.18 Å². The summed E-state index contributed by atoms with van der Waals surface area (Å²) in [4.78, 5) is 0. The van der Waals surface area contributed by atoms with E-state index in [2.05, 4.69) is 11.9 Å². The number of alkyl halides is 3. The fourth-order valence-corrected chi connectivity index (χ4v) is 0.971. The molecule has 0 aliphatic heterocycles. The molecule has 1 N–H and O–H groups in total. The summed E-state index contributed by atoms with van der Waals surface area (Å²) in [6.45, 7) is 7.30. The Bertz CT molecular complexity index is 163. The topological polar surface area (TPSA) is 12.0 Å². The number of nitrogens with one attached hydrogen (secondary N) is 1. The molecule has 0 spiro atoms. The molecule has 0 aromatic rings. The highest BCUT2D eigenvalue weighted by molar-refractivity contribution is 4.95.